The predicted octanol–water partition coefficient (Wildman–Crippen LogP) is 6.89. The van der Waals surface area contributed by atoms with Gasteiger partial charge in [0.05, 0.1) is 23.3 Å². The highest BCUT2D eigenvalue weighted by molar-refractivity contribution is 6.30. The number of para-hydroxylation sites is 2. The van der Waals surface area contributed by atoms with Gasteiger partial charge in [-0.2, -0.15) is 13.2 Å². The standard InChI is InChI=1S/C29H25ClF3N3O2/c1-35(2)21-13-9-18(10-14-21)27-26-23(15-19(16-25(26)37)17-7-11-20(30)12-8-17)34-22-5-3-4-6-24(22)36(27)28(38)29(31,32)33/h3-14,19,26-27H,15-16H2,1-2H3. The van der Waals surface area contributed by atoms with E-state index in [0.717, 1.165) is 16.2 Å². The smallest absolute Gasteiger partial charge is 0.378 e. The van der Waals surface area contributed by atoms with Crippen LogP contribution in [0.15, 0.2) is 77.8 Å². The summed E-state index contributed by atoms with van der Waals surface area (Å²) in [6.07, 6.45) is -4.67. The molecule has 0 radical (unpaired) electrons. The molecule has 3 aromatic rings. The van der Waals surface area contributed by atoms with E-state index in [9.17, 15) is 22.8 Å². The zero-order valence-corrected chi connectivity index (χ0v) is 21.5. The van der Waals surface area contributed by atoms with Crippen LogP contribution >= 0.6 is 11.6 Å². The van der Waals surface area contributed by atoms with Crippen molar-refractivity contribution in [2.45, 2.75) is 31.0 Å². The second-order valence-electron chi connectivity index (χ2n) is 9.80. The van der Waals surface area contributed by atoms with E-state index in [1.807, 2.05) is 31.1 Å². The number of anilines is 2. The molecule has 0 N–H and O–H groups in total. The molecule has 1 aliphatic carbocycles. The van der Waals surface area contributed by atoms with Gasteiger partial charge in [0.15, 0.2) is 0 Å². The molecule has 9 heteroatoms. The lowest BCUT2D eigenvalue weighted by atomic mass is 9.72. The maximum Gasteiger partial charge on any atom is 0.471 e. The van der Waals surface area contributed by atoms with Crippen molar-refractivity contribution in [3.63, 3.8) is 0 Å². The Labute approximate surface area is 223 Å². The Morgan fingerprint density at radius 1 is 0.947 bits per heavy atom. The normalized spacial score (nSPS) is 21.2. The number of nitrogens with zero attached hydrogens (tertiary/aromatic N) is 3. The number of benzene rings is 3. The minimum absolute atomic E-state index is 0.0225. The van der Waals surface area contributed by atoms with Crippen molar-refractivity contribution in [2.24, 2.45) is 10.9 Å². The van der Waals surface area contributed by atoms with Crippen molar-refractivity contribution in [1.82, 2.24) is 0 Å². The highest BCUT2D eigenvalue weighted by Crippen LogP contribution is 2.48. The van der Waals surface area contributed by atoms with E-state index in [0.29, 0.717) is 22.7 Å². The number of halogens is 4. The molecule has 2 aliphatic rings. The zero-order valence-electron chi connectivity index (χ0n) is 20.7. The van der Waals surface area contributed by atoms with Crippen molar-refractivity contribution in [1.29, 1.82) is 0 Å². The van der Waals surface area contributed by atoms with Crippen LogP contribution in [-0.4, -0.2) is 37.7 Å². The Hall–Kier alpha value is -3.65. The average Bonchev–Trinajstić information content (AvgIpc) is 3.02. The average molecular weight is 540 g/mol. The van der Waals surface area contributed by atoms with E-state index in [4.69, 9.17) is 16.6 Å². The largest absolute Gasteiger partial charge is 0.471 e. The first-order chi connectivity index (χ1) is 18.0. The minimum Gasteiger partial charge on any atom is -0.378 e. The van der Waals surface area contributed by atoms with Crippen molar-refractivity contribution in [3.05, 3.63) is 88.9 Å². The fourth-order valence-electron chi connectivity index (χ4n) is 5.35. The molecule has 3 atom stereocenters. The lowest BCUT2D eigenvalue weighted by Crippen LogP contribution is -2.49. The van der Waals surface area contributed by atoms with Gasteiger partial charge < -0.3 is 4.90 Å². The van der Waals surface area contributed by atoms with Gasteiger partial charge in [0, 0.05) is 36.9 Å². The molecule has 0 saturated heterocycles. The summed E-state index contributed by atoms with van der Waals surface area (Å²) in [4.78, 5) is 34.2. The van der Waals surface area contributed by atoms with Gasteiger partial charge in [-0.25, -0.2) is 0 Å². The molecule has 1 amide bonds. The molecule has 3 unspecified atom stereocenters. The van der Waals surface area contributed by atoms with Crippen LogP contribution in [0.2, 0.25) is 5.02 Å². The van der Waals surface area contributed by atoms with Crippen LogP contribution in [0.3, 0.4) is 0 Å². The summed E-state index contributed by atoms with van der Waals surface area (Å²) >= 11 is 6.04. The summed E-state index contributed by atoms with van der Waals surface area (Å²) in [7, 11) is 3.70. The van der Waals surface area contributed by atoms with Crippen molar-refractivity contribution in [2.75, 3.05) is 23.9 Å². The fourth-order valence-corrected chi connectivity index (χ4v) is 5.48. The second-order valence-corrected chi connectivity index (χ2v) is 10.2. The monoisotopic (exact) mass is 539 g/mol. The molecule has 1 fully saturated rings. The highest BCUT2D eigenvalue weighted by Gasteiger charge is 2.52. The first-order valence-electron chi connectivity index (χ1n) is 12.2. The number of carbonyl (C=O) groups is 2. The van der Waals surface area contributed by atoms with Crippen LogP contribution in [0.5, 0.6) is 0 Å². The van der Waals surface area contributed by atoms with E-state index < -0.39 is 24.0 Å². The van der Waals surface area contributed by atoms with E-state index >= 15 is 0 Å². The first-order valence-corrected chi connectivity index (χ1v) is 12.5. The van der Waals surface area contributed by atoms with E-state index in [1.54, 1.807) is 54.6 Å². The van der Waals surface area contributed by atoms with Crippen molar-refractivity contribution in [3.8, 4) is 0 Å². The van der Waals surface area contributed by atoms with Gasteiger partial charge in [-0.05, 0) is 59.9 Å². The van der Waals surface area contributed by atoms with Crippen LogP contribution in [0.1, 0.15) is 35.9 Å². The highest BCUT2D eigenvalue weighted by atomic mass is 35.5. The molecular weight excluding hydrogens is 515 g/mol. The van der Waals surface area contributed by atoms with Crippen LogP contribution in [0.25, 0.3) is 0 Å². The van der Waals surface area contributed by atoms with Gasteiger partial charge in [-0.3, -0.25) is 19.5 Å². The number of ketones is 1. The lowest BCUT2D eigenvalue weighted by Gasteiger charge is -2.39. The fraction of sp³-hybridized carbons (Fsp3) is 0.276. The van der Waals surface area contributed by atoms with E-state index in [-0.39, 0.29) is 29.5 Å². The molecule has 196 valence electrons. The van der Waals surface area contributed by atoms with Crippen LogP contribution in [0, 0.1) is 5.92 Å². The Kier molecular flexibility index (Phi) is 6.77. The number of Topliss-reactive ketones (excluding diaryl/α,β-unsaturated/α-hetero) is 1. The number of amides is 1. The minimum atomic E-state index is -5.15. The van der Waals surface area contributed by atoms with Crippen molar-refractivity contribution >= 4 is 46.1 Å². The summed E-state index contributed by atoms with van der Waals surface area (Å²) < 4.78 is 42.1. The maximum absolute atomic E-state index is 14.0. The number of alkyl halides is 3. The van der Waals surface area contributed by atoms with Gasteiger partial charge >= 0.3 is 12.1 Å². The molecule has 1 saturated carbocycles. The Balaban J connectivity index is 1.68. The second kappa shape index (κ2) is 9.91. The van der Waals surface area contributed by atoms with Crippen LogP contribution in [-0.2, 0) is 9.59 Å². The molecular formula is C29H25ClF3N3O2. The lowest BCUT2D eigenvalue weighted by molar-refractivity contribution is -0.171. The summed E-state index contributed by atoms with van der Waals surface area (Å²) in [6.45, 7) is 0. The third-order valence-corrected chi connectivity index (χ3v) is 7.41. The molecule has 0 spiro atoms. The molecule has 5 nitrogen and oxygen atoms in total. The van der Waals surface area contributed by atoms with Gasteiger partial charge in [0.2, 0.25) is 0 Å². The van der Waals surface area contributed by atoms with Gasteiger partial charge in [0.25, 0.3) is 0 Å². The third-order valence-electron chi connectivity index (χ3n) is 7.16. The summed E-state index contributed by atoms with van der Waals surface area (Å²) in [5, 5.41) is 0.567. The third kappa shape index (κ3) is 4.80. The summed E-state index contributed by atoms with van der Waals surface area (Å²) in [5.74, 6) is -3.52. The number of aliphatic imine (C=N–C) groups is 1. The Morgan fingerprint density at radius 3 is 2.21 bits per heavy atom. The Bertz CT molecular complexity index is 1400. The number of hydrogen-bond donors (Lipinski definition) is 0. The van der Waals surface area contributed by atoms with Gasteiger partial charge in [0.1, 0.15) is 5.78 Å². The number of carbonyl (C=O) groups excluding carboxylic acids is 2. The predicted molar refractivity (Wildman–Crippen MR) is 143 cm³/mol. The molecule has 3 aromatic carbocycles. The van der Waals surface area contributed by atoms with Gasteiger partial charge in [-0.1, -0.05) is 48.0 Å². The first kappa shape index (κ1) is 26.0. The molecule has 0 bridgehead atoms. The number of hydrogen-bond acceptors (Lipinski definition) is 4. The molecule has 0 aromatic heterocycles. The van der Waals surface area contributed by atoms with Gasteiger partial charge in [-0.15, -0.1) is 0 Å². The molecule has 38 heavy (non-hydrogen) atoms. The number of rotatable bonds is 3. The summed E-state index contributed by atoms with van der Waals surface area (Å²) in [5.41, 5.74) is 2.88. The quantitative estimate of drug-likeness (QED) is 0.364. The van der Waals surface area contributed by atoms with E-state index in [2.05, 4.69) is 0 Å². The zero-order chi connectivity index (χ0) is 27.2. The topological polar surface area (TPSA) is 53.0 Å². The van der Waals surface area contributed by atoms with Crippen LogP contribution < -0.4 is 9.80 Å². The molecule has 5 rings (SSSR count). The maximum atomic E-state index is 14.0. The molecule has 1 heterocycles. The molecule has 1 aliphatic heterocycles. The summed E-state index contributed by atoms with van der Waals surface area (Å²) in [6, 6.07) is 19.1. The van der Waals surface area contributed by atoms with Crippen LogP contribution in [0.4, 0.5) is 30.2 Å². The van der Waals surface area contributed by atoms with E-state index in [1.165, 1.54) is 6.07 Å². The number of fused-ring (bicyclic) bond motifs is 2. The van der Waals surface area contributed by atoms with Crippen molar-refractivity contribution < 1.29 is 22.8 Å². The SMILES string of the molecule is CN(C)c1ccc(C2C3C(=O)CC(c4ccc(Cl)cc4)CC3=Nc3ccccc3N2C(=O)C(F)(F)F)cc1. The Morgan fingerprint density at radius 2 is 1.58 bits per heavy atom.